The van der Waals surface area contributed by atoms with Gasteiger partial charge in [-0.1, -0.05) is 11.6 Å². The quantitative estimate of drug-likeness (QED) is 0.496. The fourth-order valence-electron chi connectivity index (χ4n) is 3.38. The van der Waals surface area contributed by atoms with Crippen LogP contribution in [-0.4, -0.2) is 68.6 Å². The number of benzene rings is 2. The van der Waals surface area contributed by atoms with Crippen molar-refractivity contribution in [3.8, 4) is 11.5 Å². The highest BCUT2D eigenvalue weighted by Crippen LogP contribution is 2.32. The highest BCUT2D eigenvalue weighted by atomic mass is 35.5. The molecule has 2 aromatic carbocycles. The summed E-state index contributed by atoms with van der Waals surface area (Å²) >= 11 is 5.90. The van der Waals surface area contributed by atoms with Gasteiger partial charge in [-0.05, 0) is 30.3 Å². The second-order valence-corrected chi connectivity index (χ2v) is 7.43. The van der Waals surface area contributed by atoms with Crippen LogP contribution in [0.15, 0.2) is 36.4 Å². The van der Waals surface area contributed by atoms with Crippen molar-refractivity contribution in [2.75, 3.05) is 51.8 Å². The molecule has 1 aliphatic rings. The number of rotatable bonds is 7. The molecule has 1 heterocycles. The zero-order valence-electron chi connectivity index (χ0n) is 17.7. The van der Waals surface area contributed by atoms with Gasteiger partial charge >= 0.3 is 0 Å². The van der Waals surface area contributed by atoms with Crippen molar-refractivity contribution in [3.05, 3.63) is 57.1 Å². The number of amides is 2. The molecule has 0 spiro atoms. The van der Waals surface area contributed by atoms with Crippen LogP contribution in [0.1, 0.15) is 10.4 Å². The Labute approximate surface area is 189 Å². The fraction of sp³-hybridized carbons (Fsp3) is 0.333. The van der Waals surface area contributed by atoms with Gasteiger partial charge in [0, 0.05) is 49.9 Å². The molecule has 0 aromatic heterocycles. The number of piperazine rings is 1. The smallest absolute Gasteiger partial charge is 0.294 e. The first-order valence-corrected chi connectivity index (χ1v) is 10.2. The number of carbonyl (C=O) groups is 2. The molecular weight excluding hydrogens is 440 g/mol. The molecule has 0 bridgehead atoms. The molecule has 11 heteroatoms. The fourth-order valence-corrected chi connectivity index (χ4v) is 3.54. The Kier molecular flexibility index (Phi) is 7.37. The maximum absolute atomic E-state index is 13.0. The van der Waals surface area contributed by atoms with E-state index in [2.05, 4.69) is 5.32 Å². The minimum Gasteiger partial charge on any atom is -0.493 e. The summed E-state index contributed by atoms with van der Waals surface area (Å²) in [5, 5.41) is 14.1. The molecule has 0 atom stereocenters. The van der Waals surface area contributed by atoms with E-state index >= 15 is 0 Å². The van der Waals surface area contributed by atoms with Gasteiger partial charge in [0.2, 0.25) is 0 Å². The maximum atomic E-state index is 13.0. The van der Waals surface area contributed by atoms with Crippen LogP contribution in [-0.2, 0) is 4.79 Å². The zero-order valence-corrected chi connectivity index (χ0v) is 18.4. The van der Waals surface area contributed by atoms with E-state index in [9.17, 15) is 19.7 Å². The number of hydrogen-bond donors (Lipinski definition) is 1. The van der Waals surface area contributed by atoms with Gasteiger partial charge in [-0.3, -0.25) is 19.7 Å². The Morgan fingerprint density at radius 3 is 2.47 bits per heavy atom. The SMILES string of the molecule is CNC(=O)COc1ccc(C(=O)N2CCN(c3ccc(Cl)cc3[N+](=O)[O-])CC2)cc1OC. The lowest BCUT2D eigenvalue weighted by atomic mass is 10.1. The molecule has 1 fully saturated rings. The molecule has 1 N–H and O–H groups in total. The van der Waals surface area contributed by atoms with Gasteiger partial charge in [0.05, 0.1) is 12.0 Å². The second-order valence-electron chi connectivity index (χ2n) is 7.00. The molecule has 1 aliphatic heterocycles. The van der Waals surface area contributed by atoms with Gasteiger partial charge < -0.3 is 24.6 Å². The Morgan fingerprint density at radius 1 is 1.12 bits per heavy atom. The Hall–Kier alpha value is -3.53. The summed E-state index contributed by atoms with van der Waals surface area (Å²) in [6, 6.07) is 9.33. The van der Waals surface area contributed by atoms with Crippen LogP contribution in [0.2, 0.25) is 5.02 Å². The zero-order chi connectivity index (χ0) is 23.3. The topological polar surface area (TPSA) is 114 Å². The Balaban J connectivity index is 1.68. The van der Waals surface area contributed by atoms with Crippen LogP contribution in [0.25, 0.3) is 0 Å². The van der Waals surface area contributed by atoms with E-state index in [1.807, 2.05) is 4.90 Å². The van der Waals surface area contributed by atoms with E-state index in [0.717, 1.165) is 0 Å². The Bertz CT molecular complexity index is 1020. The molecule has 32 heavy (non-hydrogen) atoms. The number of hydrogen-bond acceptors (Lipinski definition) is 7. The number of nitro benzene ring substituents is 1. The summed E-state index contributed by atoms with van der Waals surface area (Å²) < 4.78 is 10.7. The lowest BCUT2D eigenvalue weighted by Crippen LogP contribution is -2.49. The number of nitrogens with one attached hydrogen (secondary N) is 1. The van der Waals surface area contributed by atoms with Crippen molar-refractivity contribution in [1.82, 2.24) is 10.2 Å². The van der Waals surface area contributed by atoms with Crippen LogP contribution in [0.5, 0.6) is 11.5 Å². The van der Waals surface area contributed by atoms with Crippen LogP contribution in [0.4, 0.5) is 11.4 Å². The number of likely N-dealkylation sites (N-methyl/N-ethyl adjacent to an activating group) is 1. The van der Waals surface area contributed by atoms with Crippen LogP contribution >= 0.6 is 11.6 Å². The third-order valence-corrected chi connectivity index (χ3v) is 5.33. The number of nitro groups is 1. The van der Waals surface area contributed by atoms with E-state index in [1.165, 1.54) is 20.2 Å². The van der Waals surface area contributed by atoms with E-state index in [4.69, 9.17) is 21.1 Å². The van der Waals surface area contributed by atoms with Crippen molar-refractivity contribution < 1.29 is 24.0 Å². The van der Waals surface area contributed by atoms with Gasteiger partial charge in [-0.2, -0.15) is 0 Å². The van der Waals surface area contributed by atoms with E-state index < -0.39 is 4.92 Å². The average Bonchev–Trinajstić information content (AvgIpc) is 2.81. The highest BCUT2D eigenvalue weighted by Gasteiger charge is 2.27. The van der Waals surface area contributed by atoms with Crippen molar-refractivity contribution in [1.29, 1.82) is 0 Å². The number of halogens is 1. The highest BCUT2D eigenvalue weighted by molar-refractivity contribution is 6.30. The van der Waals surface area contributed by atoms with Crippen LogP contribution < -0.4 is 19.7 Å². The molecule has 3 rings (SSSR count). The van der Waals surface area contributed by atoms with Gasteiger partial charge in [0.1, 0.15) is 5.69 Å². The molecule has 2 aromatic rings. The third kappa shape index (κ3) is 5.20. The molecule has 10 nitrogen and oxygen atoms in total. The first kappa shape index (κ1) is 23.1. The standard InChI is InChI=1S/C21H23ClN4O6/c1-23-20(27)13-32-18-6-3-14(11-19(18)31-2)21(28)25-9-7-24(8-10-25)16-5-4-15(22)12-17(16)26(29)30/h3-6,11-12H,7-10,13H2,1-2H3,(H,23,27). The van der Waals surface area contributed by atoms with Crippen LogP contribution in [0.3, 0.4) is 0 Å². The normalized spacial score (nSPS) is 13.5. The predicted octanol–water partition coefficient (Wildman–Crippen LogP) is 2.34. The molecule has 170 valence electrons. The van der Waals surface area contributed by atoms with E-state index in [1.54, 1.807) is 35.2 Å². The van der Waals surface area contributed by atoms with E-state index in [0.29, 0.717) is 54.0 Å². The van der Waals surface area contributed by atoms with Crippen molar-refractivity contribution >= 4 is 34.8 Å². The van der Waals surface area contributed by atoms with Gasteiger partial charge in [0.25, 0.3) is 17.5 Å². The first-order valence-electron chi connectivity index (χ1n) is 9.83. The van der Waals surface area contributed by atoms with E-state index in [-0.39, 0.29) is 24.1 Å². The minimum atomic E-state index is -0.460. The number of ether oxygens (including phenoxy) is 2. The molecule has 0 unspecified atom stereocenters. The van der Waals surface area contributed by atoms with Gasteiger partial charge in [0.15, 0.2) is 18.1 Å². The summed E-state index contributed by atoms with van der Waals surface area (Å²) in [5.74, 6) is 0.222. The molecule has 0 aliphatic carbocycles. The maximum Gasteiger partial charge on any atom is 0.294 e. The number of nitrogens with zero attached hydrogens (tertiary/aromatic N) is 3. The first-order chi connectivity index (χ1) is 15.3. The monoisotopic (exact) mass is 462 g/mol. The lowest BCUT2D eigenvalue weighted by Gasteiger charge is -2.36. The van der Waals surface area contributed by atoms with Crippen molar-refractivity contribution in [3.63, 3.8) is 0 Å². The summed E-state index contributed by atoms with van der Waals surface area (Å²) in [6.07, 6.45) is 0. The Morgan fingerprint density at radius 2 is 1.84 bits per heavy atom. The van der Waals surface area contributed by atoms with Crippen LogP contribution in [0, 0.1) is 10.1 Å². The van der Waals surface area contributed by atoms with Gasteiger partial charge in [-0.15, -0.1) is 0 Å². The molecule has 0 radical (unpaired) electrons. The average molecular weight is 463 g/mol. The summed E-state index contributed by atoms with van der Waals surface area (Å²) in [5.41, 5.74) is 0.834. The summed E-state index contributed by atoms with van der Waals surface area (Å²) in [7, 11) is 2.96. The number of anilines is 1. The summed E-state index contributed by atoms with van der Waals surface area (Å²) in [4.78, 5) is 38.8. The van der Waals surface area contributed by atoms with Gasteiger partial charge in [-0.25, -0.2) is 0 Å². The summed E-state index contributed by atoms with van der Waals surface area (Å²) in [6.45, 7) is 1.52. The minimum absolute atomic E-state index is 0.0608. The molecule has 0 saturated carbocycles. The molecule has 2 amide bonds. The molecule has 1 saturated heterocycles. The molecular formula is C21H23ClN4O6. The largest absolute Gasteiger partial charge is 0.493 e. The number of carbonyl (C=O) groups excluding carboxylic acids is 2. The van der Waals surface area contributed by atoms with Crippen molar-refractivity contribution in [2.24, 2.45) is 0 Å². The second kappa shape index (κ2) is 10.2. The lowest BCUT2D eigenvalue weighted by molar-refractivity contribution is -0.384. The predicted molar refractivity (Wildman–Crippen MR) is 119 cm³/mol. The number of methoxy groups -OCH3 is 1. The van der Waals surface area contributed by atoms with Crippen molar-refractivity contribution in [2.45, 2.75) is 0 Å². The third-order valence-electron chi connectivity index (χ3n) is 5.09.